The van der Waals surface area contributed by atoms with E-state index < -0.39 is 46.6 Å². The van der Waals surface area contributed by atoms with Crippen LogP contribution in [-0.2, 0) is 17.7 Å². The minimum absolute atomic E-state index is 0.0250. The van der Waals surface area contributed by atoms with Gasteiger partial charge in [-0.05, 0) is 34.3 Å². The topological polar surface area (TPSA) is 105 Å². The van der Waals surface area contributed by atoms with Crippen molar-refractivity contribution in [3.63, 3.8) is 0 Å². The molecule has 0 saturated carbocycles. The number of hydrogen-bond acceptors (Lipinski definition) is 7. The van der Waals surface area contributed by atoms with Gasteiger partial charge in [0.1, 0.15) is 18.3 Å². The van der Waals surface area contributed by atoms with Gasteiger partial charge in [-0.15, -0.1) is 0 Å². The molecule has 0 bridgehead atoms. The van der Waals surface area contributed by atoms with Crippen LogP contribution in [0.25, 0.3) is 10.9 Å². The molecular weight excluding hydrogens is 496 g/mol. The third-order valence-electron chi connectivity index (χ3n) is 7.83. The number of aliphatic hydroxyl groups excluding tert-OH is 1. The van der Waals surface area contributed by atoms with Crippen molar-refractivity contribution in [2.45, 2.75) is 102 Å². The van der Waals surface area contributed by atoms with Crippen molar-refractivity contribution in [3.8, 4) is 0 Å². The van der Waals surface area contributed by atoms with Crippen molar-refractivity contribution < 1.29 is 27.7 Å². The molecule has 1 aromatic carbocycles. The number of nitro benzene ring substituents is 1. The van der Waals surface area contributed by atoms with Gasteiger partial charge in [0.25, 0.3) is 5.69 Å². The molecule has 0 radical (unpaired) electrons. The molecule has 36 heavy (non-hydrogen) atoms. The summed E-state index contributed by atoms with van der Waals surface area (Å²) in [5, 5.41) is 23.5. The second-order valence-corrected chi connectivity index (χ2v) is 20.2. The van der Waals surface area contributed by atoms with Gasteiger partial charge in [-0.1, -0.05) is 55.4 Å². The second-order valence-electron chi connectivity index (χ2n) is 11.3. The van der Waals surface area contributed by atoms with E-state index in [0.29, 0.717) is 5.39 Å². The van der Waals surface area contributed by atoms with Crippen LogP contribution in [0, 0.1) is 10.1 Å². The molecule has 2 aliphatic rings. The molecule has 0 aliphatic carbocycles. The van der Waals surface area contributed by atoms with Gasteiger partial charge in [0.05, 0.1) is 17.0 Å². The number of fused-ring (bicyclic) bond motifs is 2. The smallest absolute Gasteiger partial charge is 0.335 e. The maximum absolute atomic E-state index is 11.6. The zero-order chi connectivity index (χ0) is 26.6. The van der Waals surface area contributed by atoms with Crippen LogP contribution >= 0.6 is 0 Å². The number of nitro groups is 1. The fourth-order valence-corrected chi connectivity index (χ4v) is 17.1. The first-order chi connectivity index (χ1) is 16.8. The summed E-state index contributed by atoms with van der Waals surface area (Å²) >= 11 is 0. The maximum Gasteiger partial charge on any atom is 0.335 e. The van der Waals surface area contributed by atoms with Gasteiger partial charge in [0.15, 0.2) is 6.23 Å². The number of nitrogens with zero attached hydrogens (tertiary/aromatic N) is 2. The van der Waals surface area contributed by atoms with E-state index in [1.54, 1.807) is 18.3 Å². The molecule has 2 fully saturated rings. The first kappa shape index (κ1) is 27.4. The Bertz CT molecular complexity index is 1090. The highest BCUT2D eigenvalue weighted by molar-refractivity contribution is 6.84. The maximum atomic E-state index is 11.6. The molecule has 1 aromatic heterocycles. The van der Waals surface area contributed by atoms with Crippen molar-refractivity contribution in [2.75, 3.05) is 6.61 Å². The van der Waals surface area contributed by atoms with Crippen LogP contribution in [0.1, 0.15) is 61.6 Å². The Kier molecular flexibility index (Phi) is 7.57. The van der Waals surface area contributed by atoms with E-state index in [2.05, 4.69) is 55.4 Å². The first-order valence-electron chi connectivity index (χ1n) is 12.9. The van der Waals surface area contributed by atoms with Gasteiger partial charge in [-0.2, -0.15) is 0 Å². The van der Waals surface area contributed by atoms with E-state index in [1.165, 1.54) is 12.1 Å². The Morgan fingerprint density at radius 3 is 2.17 bits per heavy atom. The van der Waals surface area contributed by atoms with Crippen LogP contribution in [0.15, 0.2) is 30.5 Å². The van der Waals surface area contributed by atoms with E-state index in [1.807, 2.05) is 4.57 Å². The summed E-state index contributed by atoms with van der Waals surface area (Å²) in [6, 6.07) is 6.50. The van der Waals surface area contributed by atoms with E-state index in [4.69, 9.17) is 17.7 Å². The normalized spacial score (nSPS) is 28.1. The highest BCUT2D eigenvalue weighted by Crippen LogP contribution is 2.48. The molecule has 0 amide bonds. The van der Waals surface area contributed by atoms with Crippen LogP contribution in [0.3, 0.4) is 0 Å². The minimum atomic E-state index is -2.88. The van der Waals surface area contributed by atoms with Crippen molar-refractivity contribution in [2.24, 2.45) is 0 Å². The fraction of sp³-hybridized carbons (Fsp3) is 0.680. The summed E-state index contributed by atoms with van der Waals surface area (Å²) in [6.07, 6.45) is -0.924. The zero-order valence-electron chi connectivity index (χ0n) is 22.5. The summed E-state index contributed by atoms with van der Waals surface area (Å²) in [5.74, 6) is 0. The molecule has 11 heteroatoms. The number of non-ortho nitro benzene ring substituents is 1. The lowest BCUT2D eigenvalue weighted by Crippen LogP contribution is -2.65. The van der Waals surface area contributed by atoms with Crippen molar-refractivity contribution >= 4 is 33.7 Å². The van der Waals surface area contributed by atoms with Crippen LogP contribution in [0.4, 0.5) is 5.69 Å². The van der Waals surface area contributed by atoms with Crippen molar-refractivity contribution in [1.82, 2.24) is 4.57 Å². The van der Waals surface area contributed by atoms with E-state index in [0.717, 1.165) is 5.52 Å². The van der Waals surface area contributed by atoms with Crippen LogP contribution < -0.4 is 0 Å². The predicted octanol–water partition coefficient (Wildman–Crippen LogP) is 5.76. The van der Waals surface area contributed by atoms with Gasteiger partial charge >= 0.3 is 17.1 Å². The third kappa shape index (κ3) is 4.38. The van der Waals surface area contributed by atoms with Gasteiger partial charge in [0.2, 0.25) is 0 Å². The minimum Gasteiger partial charge on any atom is -0.414 e. The number of aromatic nitrogens is 1. The Morgan fingerprint density at radius 1 is 1.00 bits per heavy atom. The van der Waals surface area contributed by atoms with Gasteiger partial charge in [0, 0.05) is 23.7 Å². The Labute approximate surface area is 215 Å². The molecule has 9 nitrogen and oxygen atoms in total. The highest BCUT2D eigenvalue weighted by Gasteiger charge is 2.61. The molecule has 2 aromatic rings. The number of ether oxygens (including phenoxy) is 1. The largest absolute Gasteiger partial charge is 0.414 e. The molecule has 2 saturated heterocycles. The lowest BCUT2D eigenvalue weighted by molar-refractivity contribution is -0.384. The summed E-state index contributed by atoms with van der Waals surface area (Å²) < 4.78 is 29.2. The molecular formula is C25H40N2O7Si2. The molecule has 4 rings (SSSR count). The van der Waals surface area contributed by atoms with Gasteiger partial charge in [-0.3, -0.25) is 10.1 Å². The zero-order valence-corrected chi connectivity index (χ0v) is 24.5. The monoisotopic (exact) mass is 536 g/mol. The predicted molar refractivity (Wildman–Crippen MR) is 142 cm³/mol. The Morgan fingerprint density at radius 2 is 1.61 bits per heavy atom. The average Bonchev–Trinajstić information content (AvgIpc) is 3.33. The lowest BCUT2D eigenvalue weighted by atomic mass is 10.1. The molecule has 1 N–H and O–H groups in total. The van der Waals surface area contributed by atoms with Gasteiger partial charge in [-0.25, -0.2) is 0 Å². The van der Waals surface area contributed by atoms with Crippen molar-refractivity contribution in [1.29, 1.82) is 0 Å². The number of aliphatic hydroxyl groups is 1. The van der Waals surface area contributed by atoms with Crippen LogP contribution in [0.2, 0.25) is 22.2 Å². The average molecular weight is 537 g/mol. The van der Waals surface area contributed by atoms with Crippen molar-refractivity contribution in [3.05, 3.63) is 40.6 Å². The summed E-state index contributed by atoms with van der Waals surface area (Å²) in [5.41, 5.74) is 1.49. The van der Waals surface area contributed by atoms with Crippen LogP contribution in [-0.4, -0.2) is 56.6 Å². The number of benzene rings is 1. The highest BCUT2D eigenvalue weighted by atomic mass is 28.5. The summed E-state index contributed by atoms with van der Waals surface area (Å²) in [6.45, 7) is 17.6. The first-order valence-corrected chi connectivity index (χ1v) is 16.9. The SMILES string of the molecule is CC(C)[Si]1(C(C)C)OC[C@H]2O[C@@H](n3ccc4cc([N+](=O)[O-])ccc43)[C@H](O)[C@@H]2O[Si](C(C)C)(C(C)C)O1. The summed E-state index contributed by atoms with van der Waals surface area (Å²) in [7, 11) is -5.59. The van der Waals surface area contributed by atoms with Crippen LogP contribution in [0.5, 0.6) is 0 Å². The molecule has 0 unspecified atom stereocenters. The molecule has 0 spiro atoms. The van der Waals surface area contributed by atoms with E-state index in [9.17, 15) is 15.2 Å². The lowest BCUT2D eigenvalue weighted by Gasteiger charge is -2.51. The molecule has 200 valence electrons. The van der Waals surface area contributed by atoms with E-state index >= 15 is 0 Å². The molecule has 4 atom stereocenters. The standard InChI is InChI=1S/C25H40N2O7Si2/c1-15(2)35(16(3)4)31-14-22-24(33-36(34-35,17(5)6)18(7)8)23(28)25(32-22)26-12-11-19-13-20(27(29)30)9-10-21(19)26/h9-13,15-18,22-25,28H,14H2,1-8H3/t22-,23-,24-,25-/m1/s1. The number of rotatable bonds is 6. The number of hydrogen-bond donors (Lipinski definition) is 1. The Hall–Kier alpha value is -1.61. The molecule has 3 heterocycles. The Balaban J connectivity index is 1.75. The van der Waals surface area contributed by atoms with Gasteiger partial charge < -0.3 is 27.4 Å². The summed E-state index contributed by atoms with van der Waals surface area (Å²) in [4.78, 5) is 10.8. The second kappa shape index (κ2) is 9.93. The van der Waals surface area contributed by atoms with E-state index in [-0.39, 0.29) is 34.5 Å². The quantitative estimate of drug-likeness (QED) is 0.284. The molecule has 2 aliphatic heterocycles. The third-order valence-corrected chi connectivity index (χ3v) is 18.1. The fourth-order valence-electron chi connectivity index (χ4n) is 5.85.